The van der Waals surface area contributed by atoms with Crippen molar-refractivity contribution < 1.29 is 9.18 Å². The van der Waals surface area contributed by atoms with Crippen molar-refractivity contribution in [3.05, 3.63) is 35.6 Å². The average molecular weight is 224 g/mol. The fourth-order valence-electron chi connectivity index (χ4n) is 1.29. The Kier molecular flexibility index (Phi) is 4.01. The number of hydrogen-bond acceptors (Lipinski definition) is 2. The second-order valence-electron chi connectivity index (χ2n) is 4.03. The second kappa shape index (κ2) is 5.07. The normalized spacial score (nSPS) is 14.4. The lowest BCUT2D eigenvalue weighted by Crippen LogP contribution is -2.52. The summed E-state index contributed by atoms with van der Waals surface area (Å²) in [7, 11) is 0. The molecule has 1 unspecified atom stereocenters. The molecule has 1 atom stereocenters. The van der Waals surface area contributed by atoms with Crippen LogP contribution < -0.4 is 11.1 Å². The number of rotatable bonds is 5. The lowest BCUT2D eigenvalue weighted by molar-refractivity contribution is -0.124. The highest BCUT2D eigenvalue weighted by atomic mass is 19.1. The van der Waals surface area contributed by atoms with Crippen LogP contribution in [0.3, 0.4) is 0 Å². The highest BCUT2D eigenvalue weighted by molar-refractivity contribution is 5.84. The Labute approximate surface area is 94.8 Å². The van der Waals surface area contributed by atoms with Gasteiger partial charge in [-0.25, -0.2) is 4.39 Å². The maximum atomic E-state index is 12.7. The quantitative estimate of drug-likeness (QED) is 0.797. The Morgan fingerprint density at radius 2 is 2.00 bits per heavy atom. The van der Waals surface area contributed by atoms with Crippen molar-refractivity contribution in [1.82, 2.24) is 5.32 Å². The smallest absolute Gasteiger partial charge is 0.237 e. The van der Waals surface area contributed by atoms with Crippen molar-refractivity contribution in [3.63, 3.8) is 0 Å². The van der Waals surface area contributed by atoms with Crippen LogP contribution in [0.1, 0.15) is 25.8 Å². The van der Waals surface area contributed by atoms with Gasteiger partial charge in [-0.15, -0.1) is 0 Å². The Balaban J connectivity index is 2.63. The topological polar surface area (TPSA) is 55.1 Å². The third-order valence-electron chi connectivity index (χ3n) is 2.85. The number of primary amides is 1. The molecule has 4 heteroatoms. The molecule has 1 aromatic carbocycles. The van der Waals surface area contributed by atoms with E-state index in [0.717, 1.165) is 5.56 Å². The van der Waals surface area contributed by atoms with Gasteiger partial charge in [-0.05, 0) is 31.0 Å². The number of halogens is 1. The van der Waals surface area contributed by atoms with E-state index >= 15 is 0 Å². The fourth-order valence-corrected chi connectivity index (χ4v) is 1.29. The summed E-state index contributed by atoms with van der Waals surface area (Å²) in [4.78, 5) is 11.2. The molecule has 1 amide bonds. The maximum Gasteiger partial charge on any atom is 0.237 e. The predicted octanol–water partition coefficient (Wildman–Crippen LogP) is 1.57. The fraction of sp³-hybridized carbons (Fsp3) is 0.417. The minimum absolute atomic E-state index is 0.267. The first-order chi connectivity index (χ1) is 7.48. The first kappa shape index (κ1) is 12.6. The van der Waals surface area contributed by atoms with Gasteiger partial charge in [-0.3, -0.25) is 10.1 Å². The van der Waals surface area contributed by atoms with Gasteiger partial charge in [0.05, 0.1) is 5.54 Å². The molecule has 88 valence electrons. The standard InChI is InChI=1S/C12H17FN2O/c1-3-12(2,11(14)16)15-8-9-4-6-10(13)7-5-9/h4-7,15H,3,8H2,1-2H3,(H2,14,16). The summed E-state index contributed by atoms with van der Waals surface area (Å²) in [6, 6.07) is 6.15. The number of amides is 1. The molecule has 0 radical (unpaired) electrons. The van der Waals surface area contributed by atoms with E-state index in [0.29, 0.717) is 13.0 Å². The van der Waals surface area contributed by atoms with Crippen LogP contribution in [-0.4, -0.2) is 11.4 Å². The van der Waals surface area contributed by atoms with Crippen LogP contribution in [0.15, 0.2) is 24.3 Å². The largest absolute Gasteiger partial charge is 0.368 e. The Hall–Kier alpha value is -1.42. The Morgan fingerprint density at radius 3 is 2.44 bits per heavy atom. The summed E-state index contributed by atoms with van der Waals surface area (Å²) < 4.78 is 12.7. The minimum atomic E-state index is -0.714. The molecule has 0 heterocycles. The summed E-state index contributed by atoms with van der Waals surface area (Å²) in [5.41, 5.74) is 5.51. The van der Waals surface area contributed by atoms with Gasteiger partial charge in [0, 0.05) is 6.54 Å². The molecule has 0 saturated carbocycles. The number of carbonyl (C=O) groups excluding carboxylic acids is 1. The van der Waals surface area contributed by atoms with Crippen molar-refractivity contribution in [3.8, 4) is 0 Å². The molecule has 1 aromatic rings. The summed E-state index contributed by atoms with van der Waals surface area (Å²) in [5.74, 6) is -0.644. The average Bonchev–Trinajstić information content (AvgIpc) is 2.27. The summed E-state index contributed by atoms with van der Waals surface area (Å²) >= 11 is 0. The second-order valence-corrected chi connectivity index (χ2v) is 4.03. The van der Waals surface area contributed by atoms with Crippen LogP contribution in [-0.2, 0) is 11.3 Å². The van der Waals surface area contributed by atoms with E-state index in [2.05, 4.69) is 5.32 Å². The Morgan fingerprint density at radius 1 is 1.44 bits per heavy atom. The van der Waals surface area contributed by atoms with E-state index in [1.165, 1.54) is 12.1 Å². The molecule has 0 fully saturated rings. The zero-order valence-corrected chi connectivity index (χ0v) is 9.59. The highest BCUT2D eigenvalue weighted by Gasteiger charge is 2.27. The van der Waals surface area contributed by atoms with Gasteiger partial charge < -0.3 is 5.73 Å². The molecule has 0 bridgehead atoms. The van der Waals surface area contributed by atoms with Crippen molar-refractivity contribution in [2.75, 3.05) is 0 Å². The number of carbonyl (C=O) groups is 1. The van der Waals surface area contributed by atoms with E-state index in [1.807, 2.05) is 6.92 Å². The van der Waals surface area contributed by atoms with Gasteiger partial charge in [0.1, 0.15) is 5.82 Å². The zero-order valence-electron chi connectivity index (χ0n) is 9.59. The van der Waals surface area contributed by atoms with Crippen LogP contribution >= 0.6 is 0 Å². The van der Waals surface area contributed by atoms with Crippen molar-refractivity contribution in [1.29, 1.82) is 0 Å². The number of nitrogens with two attached hydrogens (primary N) is 1. The van der Waals surface area contributed by atoms with E-state index in [9.17, 15) is 9.18 Å². The molecule has 0 saturated heterocycles. The van der Waals surface area contributed by atoms with Gasteiger partial charge in [0.15, 0.2) is 0 Å². The monoisotopic (exact) mass is 224 g/mol. The van der Waals surface area contributed by atoms with Gasteiger partial charge in [0.25, 0.3) is 0 Å². The predicted molar refractivity (Wildman–Crippen MR) is 61.1 cm³/mol. The van der Waals surface area contributed by atoms with Crippen LogP contribution in [0, 0.1) is 5.82 Å². The summed E-state index contributed by atoms with van der Waals surface area (Å²) in [6.07, 6.45) is 0.615. The lowest BCUT2D eigenvalue weighted by atomic mass is 9.97. The first-order valence-electron chi connectivity index (χ1n) is 5.27. The molecule has 0 aliphatic rings. The van der Waals surface area contributed by atoms with Crippen molar-refractivity contribution in [2.24, 2.45) is 5.73 Å². The molecule has 1 rings (SSSR count). The molecule has 16 heavy (non-hydrogen) atoms. The molecule has 0 aromatic heterocycles. The van der Waals surface area contributed by atoms with E-state index in [4.69, 9.17) is 5.73 Å². The molecule has 0 aliphatic carbocycles. The first-order valence-corrected chi connectivity index (χ1v) is 5.27. The van der Waals surface area contributed by atoms with Gasteiger partial charge >= 0.3 is 0 Å². The van der Waals surface area contributed by atoms with Crippen LogP contribution in [0.25, 0.3) is 0 Å². The summed E-state index contributed by atoms with van der Waals surface area (Å²) in [6.45, 7) is 4.15. The molecule has 3 N–H and O–H groups in total. The Bertz CT molecular complexity index is 364. The minimum Gasteiger partial charge on any atom is -0.368 e. The van der Waals surface area contributed by atoms with Crippen LogP contribution in [0.5, 0.6) is 0 Å². The molecule has 0 spiro atoms. The van der Waals surface area contributed by atoms with E-state index in [-0.39, 0.29) is 11.7 Å². The molecule has 0 aliphatic heterocycles. The lowest BCUT2D eigenvalue weighted by Gasteiger charge is -2.26. The SMILES string of the molecule is CCC(C)(NCc1ccc(F)cc1)C(N)=O. The van der Waals surface area contributed by atoms with Crippen molar-refractivity contribution >= 4 is 5.91 Å². The van der Waals surface area contributed by atoms with E-state index in [1.54, 1.807) is 19.1 Å². The van der Waals surface area contributed by atoms with Crippen LogP contribution in [0.2, 0.25) is 0 Å². The third kappa shape index (κ3) is 3.03. The van der Waals surface area contributed by atoms with Gasteiger partial charge in [-0.1, -0.05) is 19.1 Å². The molecular weight excluding hydrogens is 207 g/mol. The summed E-state index contributed by atoms with van der Waals surface area (Å²) in [5, 5.41) is 3.08. The number of nitrogens with one attached hydrogen (secondary N) is 1. The highest BCUT2D eigenvalue weighted by Crippen LogP contribution is 2.10. The third-order valence-corrected chi connectivity index (χ3v) is 2.85. The number of hydrogen-bond donors (Lipinski definition) is 2. The number of benzene rings is 1. The van der Waals surface area contributed by atoms with Crippen molar-refractivity contribution in [2.45, 2.75) is 32.4 Å². The molecule has 3 nitrogen and oxygen atoms in total. The maximum absolute atomic E-state index is 12.7. The van der Waals surface area contributed by atoms with E-state index < -0.39 is 5.54 Å². The van der Waals surface area contributed by atoms with Gasteiger partial charge in [-0.2, -0.15) is 0 Å². The van der Waals surface area contributed by atoms with Gasteiger partial charge in [0.2, 0.25) is 5.91 Å². The zero-order chi connectivity index (χ0) is 12.2. The molecular formula is C12H17FN2O. The van der Waals surface area contributed by atoms with Crippen LogP contribution in [0.4, 0.5) is 4.39 Å².